The summed E-state index contributed by atoms with van der Waals surface area (Å²) >= 11 is 6.15. The number of hydrogen-bond acceptors (Lipinski definition) is 3. The van der Waals surface area contributed by atoms with E-state index in [1.165, 1.54) is 0 Å². The Morgan fingerprint density at radius 2 is 2.12 bits per heavy atom. The first-order valence-corrected chi connectivity index (χ1v) is 9.89. The first-order chi connectivity index (χ1) is 12.4. The molecular weight excluding hydrogens is 348 g/mol. The standard InChI is InChI=1S/C19H27ClN2O2.C2H6/c1-14(2)11-15(3)21-19(23)13-22-10-6-7-16(12-22)24-18-9-5-4-8-17(18)20;1-2/h4-5,8-9,15-16H,1,6-7,10-13H2,2-3H3,(H,21,23);1-2H3. The number of nitrogens with one attached hydrogen (secondary N) is 1. The fraction of sp³-hybridized carbons (Fsp3) is 0.571. The lowest BCUT2D eigenvalue weighted by Crippen LogP contribution is -2.47. The van der Waals surface area contributed by atoms with Gasteiger partial charge in [0.2, 0.25) is 5.91 Å². The van der Waals surface area contributed by atoms with E-state index in [-0.39, 0.29) is 18.1 Å². The minimum absolute atomic E-state index is 0.0575. The van der Waals surface area contributed by atoms with Crippen molar-refractivity contribution in [2.75, 3.05) is 19.6 Å². The number of amides is 1. The number of benzene rings is 1. The molecule has 0 saturated carbocycles. The summed E-state index contributed by atoms with van der Waals surface area (Å²) in [4.78, 5) is 14.3. The van der Waals surface area contributed by atoms with E-state index < -0.39 is 0 Å². The fourth-order valence-electron chi connectivity index (χ4n) is 3.07. The maximum absolute atomic E-state index is 12.2. The fourth-order valence-corrected chi connectivity index (χ4v) is 3.25. The van der Waals surface area contributed by atoms with Crippen LogP contribution in [0.15, 0.2) is 36.4 Å². The highest BCUT2D eigenvalue weighted by molar-refractivity contribution is 6.32. The van der Waals surface area contributed by atoms with E-state index in [1.807, 2.05) is 52.0 Å². The molecule has 0 aromatic heterocycles. The third-order valence-corrected chi connectivity index (χ3v) is 4.33. The van der Waals surface area contributed by atoms with Gasteiger partial charge in [0.05, 0.1) is 11.6 Å². The zero-order valence-corrected chi connectivity index (χ0v) is 17.3. The summed E-state index contributed by atoms with van der Waals surface area (Å²) < 4.78 is 6.01. The number of nitrogens with zero attached hydrogens (tertiary/aromatic N) is 1. The van der Waals surface area contributed by atoms with Gasteiger partial charge in [-0.1, -0.05) is 43.2 Å². The quantitative estimate of drug-likeness (QED) is 0.698. The van der Waals surface area contributed by atoms with Gasteiger partial charge in [0.15, 0.2) is 0 Å². The van der Waals surface area contributed by atoms with E-state index in [9.17, 15) is 4.79 Å². The third-order valence-electron chi connectivity index (χ3n) is 4.02. The number of halogens is 1. The number of rotatable bonds is 7. The molecule has 1 fully saturated rings. The number of para-hydroxylation sites is 1. The van der Waals surface area contributed by atoms with E-state index in [4.69, 9.17) is 16.3 Å². The van der Waals surface area contributed by atoms with Crippen LogP contribution in [0.25, 0.3) is 0 Å². The van der Waals surface area contributed by atoms with Gasteiger partial charge in [-0.2, -0.15) is 0 Å². The average Bonchev–Trinajstić information content (AvgIpc) is 2.58. The van der Waals surface area contributed by atoms with Crippen LogP contribution in [0.3, 0.4) is 0 Å². The molecule has 1 N–H and O–H groups in total. The van der Waals surface area contributed by atoms with Crippen molar-refractivity contribution in [3.63, 3.8) is 0 Å². The minimum Gasteiger partial charge on any atom is -0.488 e. The number of likely N-dealkylation sites (tertiary alicyclic amines) is 1. The lowest BCUT2D eigenvalue weighted by Gasteiger charge is -2.32. The van der Waals surface area contributed by atoms with E-state index >= 15 is 0 Å². The average molecular weight is 381 g/mol. The van der Waals surface area contributed by atoms with E-state index in [0.29, 0.717) is 17.3 Å². The largest absolute Gasteiger partial charge is 0.488 e. The summed E-state index contributed by atoms with van der Waals surface area (Å²) in [6.45, 7) is 13.9. The second kappa shape index (κ2) is 12.0. The molecule has 26 heavy (non-hydrogen) atoms. The molecular formula is C21H33ClN2O2. The molecule has 4 nitrogen and oxygen atoms in total. The SMILES string of the molecule is C=C(C)CC(C)NC(=O)CN1CCCC(Oc2ccccc2Cl)C1.CC. The van der Waals surface area contributed by atoms with Crippen LogP contribution in [0.2, 0.25) is 5.02 Å². The van der Waals surface area contributed by atoms with Crippen molar-refractivity contribution >= 4 is 17.5 Å². The van der Waals surface area contributed by atoms with Crippen molar-refractivity contribution < 1.29 is 9.53 Å². The van der Waals surface area contributed by atoms with Crippen LogP contribution in [0.5, 0.6) is 5.75 Å². The first kappa shape index (κ1) is 22.5. The Kier molecular flexibility index (Phi) is 10.4. The molecule has 0 radical (unpaired) electrons. The Labute approximate surface area is 163 Å². The summed E-state index contributed by atoms with van der Waals surface area (Å²) in [5, 5.41) is 3.65. The van der Waals surface area contributed by atoms with Crippen LogP contribution in [-0.4, -0.2) is 42.6 Å². The lowest BCUT2D eigenvalue weighted by molar-refractivity contribution is -0.123. The van der Waals surface area contributed by atoms with Gasteiger partial charge in [-0.05, 0) is 51.8 Å². The molecule has 1 saturated heterocycles. The van der Waals surface area contributed by atoms with Crippen LogP contribution in [0.1, 0.15) is 47.0 Å². The first-order valence-electron chi connectivity index (χ1n) is 9.51. The summed E-state index contributed by atoms with van der Waals surface area (Å²) in [5.41, 5.74) is 1.08. The van der Waals surface area contributed by atoms with Crippen LogP contribution >= 0.6 is 11.6 Å². The molecule has 0 aliphatic carbocycles. The van der Waals surface area contributed by atoms with Crippen molar-refractivity contribution in [3.8, 4) is 5.75 Å². The summed E-state index contributed by atoms with van der Waals surface area (Å²) in [6.07, 6.45) is 2.88. The van der Waals surface area contributed by atoms with Gasteiger partial charge in [-0.15, -0.1) is 6.58 Å². The van der Waals surface area contributed by atoms with Crippen molar-refractivity contribution in [3.05, 3.63) is 41.4 Å². The summed E-state index contributed by atoms with van der Waals surface area (Å²) in [6, 6.07) is 7.63. The molecule has 0 spiro atoms. The Morgan fingerprint density at radius 1 is 1.42 bits per heavy atom. The molecule has 2 unspecified atom stereocenters. The molecule has 1 heterocycles. The molecule has 2 rings (SSSR count). The van der Waals surface area contributed by atoms with Crippen molar-refractivity contribution in [1.29, 1.82) is 0 Å². The predicted molar refractivity (Wildman–Crippen MR) is 110 cm³/mol. The normalized spacial score (nSPS) is 18.3. The molecule has 5 heteroatoms. The number of carbonyl (C=O) groups is 1. The van der Waals surface area contributed by atoms with Crippen LogP contribution in [0.4, 0.5) is 0 Å². The summed E-state index contributed by atoms with van der Waals surface area (Å²) in [7, 11) is 0. The smallest absolute Gasteiger partial charge is 0.234 e. The van der Waals surface area contributed by atoms with E-state index in [1.54, 1.807) is 0 Å². The van der Waals surface area contributed by atoms with Gasteiger partial charge in [-0.3, -0.25) is 9.69 Å². The maximum Gasteiger partial charge on any atom is 0.234 e. The van der Waals surface area contributed by atoms with Gasteiger partial charge in [0.1, 0.15) is 11.9 Å². The minimum atomic E-state index is 0.0575. The number of piperidine rings is 1. The van der Waals surface area contributed by atoms with Gasteiger partial charge in [0.25, 0.3) is 0 Å². The Hall–Kier alpha value is -1.52. The third kappa shape index (κ3) is 8.24. The number of hydrogen-bond donors (Lipinski definition) is 1. The molecule has 146 valence electrons. The zero-order valence-electron chi connectivity index (χ0n) is 16.6. The Balaban J connectivity index is 0.00000163. The molecule has 1 amide bonds. The van der Waals surface area contributed by atoms with Crippen LogP contribution in [0, 0.1) is 0 Å². The van der Waals surface area contributed by atoms with E-state index in [0.717, 1.165) is 37.9 Å². The maximum atomic E-state index is 12.2. The lowest BCUT2D eigenvalue weighted by atomic mass is 10.1. The van der Waals surface area contributed by atoms with Gasteiger partial charge < -0.3 is 10.1 Å². The Morgan fingerprint density at radius 3 is 2.77 bits per heavy atom. The highest BCUT2D eigenvalue weighted by Crippen LogP contribution is 2.26. The topological polar surface area (TPSA) is 41.6 Å². The van der Waals surface area contributed by atoms with Crippen molar-refractivity contribution in [2.24, 2.45) is 0 Å². The number of ether oxygens (including phenoxy) is 1. The van der Waals surface area contributed by atoms with Gasteiger partial charge in [-0.25, -0.2) is 0 Å². The molecule has 2 atom stereocenters. The van der Waals surface area contributed by atoms with Crippen molar-refractivity contribution in [2.45, 2.75) is 59.1 Å². The zero-order chi connectivity index (χ0) is 19.5. The number of carbonyl (C=O) groups excluding carboxylic acids is 1. The molecule has 1 aromatic carbocycles. The molecule has 1 aliphatic heterocycles. The molecule has 1 aromatic rings. The predicted octanol–water partition coefficient (Wildman–Crippen LogP) is 4.68. The highest BCUT2D eigenvalue weighted by atomic mass is 35.5. The van der Waals surface area contributed by atoms with E-state index in [2.05, 4.69) is 16.8 Å². The van der Waals surface area contributed by atoms with Crippen molar-refractivity contribution in [1.82, 2.24) is 10.2 Å². The molecule has 0 bridgehead atoms. The Bertz CT molecular complexity index is 577. The monoisotopic (exact) mass is 380 g/mol. The molecule has 1 aliphatic rings. The van der Waals surface area contributed by atoms with Gasteiger partial charge >= 0.3 is 0 Å². The second-order valence-corrected chi connectivity index (χ2v) is 7.08. The second-order valence-electron chi connectivity index (χ2n) is 6.68. The van der Waals surface area contributed by atoms with Crippen LogP contribution < -0.4 is 10.1 Å². The summed E-state index contributed by atoms with van der Waals surface area (Å²) in [5.74, 6) is 0.771. The van der Waals surface area contributed by atoms with Gasteiger partial charge in [0, 0.05) is 12.6 Å². The highest BCUT2D eigenvalue weighted by Gasteiger charge is 2.23. The van der Waals surface area contributed by atoms with Crippen LogP contribution in [-0.2, 0) is 4.79 Å².